The van der Waals surface area contributed by atoms with Crippen LogP contribution in [0.15, 0.2) is 28.7 Å². The lowest BCUT2D eigenvalue weighted by atomic mass is 9.86. The predicted octanol–water partition coefficient (Wildman–Crippen LogP) is 3.23. The minimum atomic E-state index is -3.90. The Labute approximate surface area is 186 Å². The number of rotatable bonds is 5. The number of imidazole rings is 1. The van der Waals surface area contributed by atoms with Gasteiger partial charge in [-0.25, -0.2) is 32.6 Å². The Hall–Kier alpha value is -2.41. The van der Waals surface area contributed by atoms with Gasteiger partial charge in [-0.1, -0.05) is 18.5 Å². The number of pyridine rings is 1. The van der Waals surface area contributed by atoms with Crippen LogP contribution in [-0.2, 0) is 10.0 Å². The summed E-state index contributed by atoms with van der Waals surface area (Å²) in [6.07, 6.45) is 1.57. The third-order valence-electron chi connectivity index (χ3n) is 5.16. The average molecular weight is 486 g/mol. The summed E-state index contributed by atoms with van der Waals surface area (Å²) in [4.78, 5) is 26.2. The van der Waals surface area contributed by atoms with Crippen molar-refractivity contribution in [2.75, 3.05) is 13.1 Å². The van der Waals surface area contributed by atoms with E-state index in [0.29, 0.717) is 23.6 Å². The number of halogens is 2. The van der Waals surface area contributed by atoms with Crippen LogP contribution in [0.3, 0.4) is 0 Å². The van der Waals surface area contributed by atoms with Gasteiger partial charge in [-0.3, -0.25) is 0 Å². The van der Waals surface area contributed by atoms with Gasteiger partial charge < -0.3 is 10.1 Å². The van der Waals surface area contributed by atoms with Crippen molar-refractivity contribution < 1.29 is 22.7 Å². The Morgan fingerprint density at radius 2 is 2.16 bits per heavy atom. The number of H-pyrrole nitrogens is 1. The fourth-order valence-electron chi connectivity index (χ4n) is 3.61. The van der Waals surface area contributed by atoms with Crippen LogP contribution in [-0.4, -0.2) is 56.8 Å². The quantitative estimate of drug-likeness (QED) is 0.567. The number of aromatic carboxylic acids is 1. The molecule has 4 heterocycles. The summed E-state index contributed by atoms with van der Waals surface area (Å²) in [5.41, 5.74) is 1.12. The Morgan fingerprint density at radius 1 is 1.39 bits per heavy atom. The first kappa shape index (κ1) is 21.8. The molecule has 13 heteroatoms. The summed E-state index contributed by atoms with van der Waals surface area (Å²) >= 11 is 7.11. The number of carbonyl (C=O) groups is 1. The van der Waals surface area contributed by atoms with Crippen LogP contribution in [0.5, 0.6) is 0 Å². The molecule has 164 valence electrons. The maximum atomic E-state index is 13.1. The number of sulfonamides is 1. The Morgan fingerprint density at radius 3 is 2.77 bits per heavy atom. The largest absolute Gasteiger partial charge is 0.476 e. The van der Waals surface area contributed by atoms with Crippen molar-refractivity contribution >= 4 is 38.9 Å². The van der Waals surface area contributed by atoms with Gasteiger partial charge in [0.2, 0.25) is 5.01 Å². The minimum Gasteiger partial charge on any atom is -0.476 e. The van der Waals surface area contributed by atoms with Gasteiger partial charge in [-0.15, -0.1) is 11.3 Å². The third kappa shape index (κ3) is 4.20. The lowest BCUT2D eigenvalue weighted by Crippen LogP contribution is -2.42. The molecule has 3 aromatic heterocycles. The number of thiazole rings is 1. The van der Waals surface area contributed by atoms with Crippen LogP contribution in [0.4, 0.5) is 4.39 Å². The molecule has 0 radical (unpaired) electrons. The molecule has 3 aromatic rings. The maximum Gasteiger partial charge on any atom is 0.365 e. The molecule has 1 aliphatic rings. The van der Waals surface area contributed by atoms with Gasteiger partial charge in [0.1, 0.15) is 11.5 Å². The van der Waals surface area contributed by atoms with Gasteiger partial charge in [-0.2, -0.15) is 4.31 Å². The predicted molar refractivity (Wildman–Crippen MR) is 111 cm³/mol. The highest BCUT2D eigenvalue weighted by atomic mass is 35.5. The zero-order valence-corrected chi connectivity index (χ0v) is 18.5. The highest BCUT2D eigenvalue weighted by Crippen LogP contribution is 2.38. The number of aromatic amines is 1. The smallest absolute Gasteiger partial charge is 0.365 e. The Balaban J connectivity index is 1.53. The van der Waals surface area contributed by atoms with E-state index in [1.807, 2.05) is 6.92 Å². The van der Waals surface area contributed by atoms with Crippen molar-refractivity contribution in [1.82, 2.24) is 24.2 Å². The van der Waals surface area contributed by atoms with Crippen LogP contribution in [0.2, 0.25) is 5.15 Å². The van der Waals surface area contributed by atoms with Gasteiger partial charge in [-0.05, 0) is 24.5 Å². The van der Waals surface area contributed by atoms with Gasteiger partial charge in [0.25, 0.3) is 10.0 Å². The van der Waals surface area contributed by atoms with E-state index in [4.69, 9.17) is 16.7 Å². The van der Waals surface area contributed by atoms with Crippen LogP contribution in [0.1, 0.15) is 34.8 Å². The molecule has 0 saturated carbocycles. The number of nitrogens with zero attached hydrogens (tertiary/aromatic N) is 4. The zero-order valence-electron chi connectivity index (χ0n) is 16.1. The molecular formula is C18H17ClFN5O4S2. The maximum absolute atomic E-state index is 13.1. The SMILES string of the molecule is C[C@H]1CN(S(=O)(=O)c2csc(C(=O)O)n2)CC[C@H]1c1[nH]c(-c2ccc(F)cn2)nc1Cl. The molecule has 1 aliphatic heterocycles. The molecule has 1 fully saturated rings. The van der Waals surface area contributed by atoms with E-state index in [-0.39, 0.29) is 40.1 Å². The van der Waals surface area contributed by atoms with Crippen molar-refractivity contribution in [3.05, 3.63) is 45.4 Å². The van der Waals surface area contributed by atoms with E-state index in [1.165, 1.54) is 21.8 Å². The fourth-order valence-corrected chi connectivity index (χ4v) is 6.34. The summed E-state index contributed by atoms with van der Waals surface area (Å²) in [6.45, 7) is 2.34. The molecule has 0 aliphatic carbocycles. The van der Waals surface area contributed by atoms with Crippen LogP contribution in [0, 0.1) is 11.7 Å². The number of aromatic nitrogens is 4. The second-order valence-corrected chi connectivity index (χ2v) is 10.3. The fraction of sp³-hybridized carbons (Fsp3) is 0.333. The van der Waals surface area contributed by atoms with E-state index in [1.54, 1.807) is 0 Å². The van der Waals surface area contributed by atoms with Crippen molar-refractivity contribution in [1.29, 1.82) is 0 Å². The normalized spacial score (nSPS) is 20.1. The molecule has 0 bridgehead atoms. The topological polar surface area (TPSA) is 129 Å². The number of carboxylic acids is 1. The van der Waals surface area contributed by atoms with E-state index < -0.39 is 21.8 Å². The summed E-state index contributed by atoms with van der Waals surface area (Å²) < 4.78 is 40.2. The van der Waals surface area contributed by atoms with Gasteiger partial charge in [0.15, 0.2) is 16.0 Å². The van der Waals surface area contributed by atoms with Crippen molar-refractivity contribution in [3.8, 4) is 11.5 Å². The second-order valence-electron chi connectivity index (χ2n) is 7.18. The molecule has 0 unspecified atom stereocenters. The van der Waals surface area contributed by atoms with Crippen molar-refractivity contribution in [2.24, 2.45) is 5.92 Å². The number of piperidine rings is 1. The summed E-state index contributed by atoms with van der Waals surface area (Å²) in [7, 11) is -3.90. The van der Waals surface area contributed by atoms with Crippen LogP contribution in [0.25, 0.3) is 11.5 Å². The lowest BCUT2D eigenvalue weighted by molar-refractivity contribution is 0.0696. The van der Waals surface area contributed by atoms with Crippen LogP contribution >= 0.6 is 22.9 Å². The minimum absolute atomic E-state index is 0.0781. The Kier molecular flexibility index (Phi) is 5.81. The molecule has 0 amide bonds. The zero-order chi connectivity index (χ0) is 22.3. The van der Waals surface area contributed by atoms with Crippen LogP contribution < -0.4 is 0 Å². The van der Waals surface area contributed by atoms with E-state index in [2.05, 4.69) is 19.9 Å². The third-order valence-corrected chi connectivity index (χ3v) is 8.18. The highest BCUT2D eigenvalue weighted by molar-refractivity contribution is 7.89. The number of hydrogen-bond acceptors (Lipinski definition) is 7. The van der Waals surface area contributed by atoms with E-state index in [9.17, 15) is 17.6 Å². The van der Waals surface area contributed by atoms with Crippen molar-refractivity contribution in [2.45, 2.75) is 24.3 Å². The van der Waals surface area contributed by atoms with Crippen molar-refractivity contribution in [3.63, 3.8) is 0 Å². The second kappa shape index (κ2) is 8.26. The summed E-state index contributed by atoms with van der Waals surface area (Å²) in [6, 6.07) is 2.77. The summed E-state index contributed by atoms with van der Waals surface area (Å²) in [5, 5.41) is 9.97. The molecule has 0 aromatic carbocycles. The molecule has 0 spiro atoms. The first-order valence-electron chi connectivity index (χ1n) is 9.23. The average Bonchev–Trinajstić information content (AvgIpc) is 3.36. The summed E-state index contributed by atoms with van der Waals surface area (Å²) in [5.74, 6) is -1.50. The van der Waals surface area contributed by atoms with E-state index in [0.717, 1.165) is 17.5 Å². The Bertz CT molecular complexity index is 1230. The monoisotopic (exact) mass is 485 g/mol. The molecule has 2 atom stereocenters. The number of carboxylic acid groups (broad SMARTS) is 1. The molecule has 2 N–H and O–H groups in total. The number of nitrogens with one attached hydrogen (secondary N) is 1. The van der Waals surface area contributed by atoms with Gasteiger partial charge >= 0.3 is 5.97 Å². The molecule has 1 saturated heterocycles. The molecule has 31 heavy (non-hydrogen) atoms. The molecule has 9 nitrogen and oxygen atoms in total. The molecular weight excluding hydrogens is 469 g/mol. The van der Waals surface area contributed by atoms with Gasteiger partial charge in [0, 0.05) is 24.4 Å². The molecule has 4 rings (SSSR count). The lowest BCUT2D eigenvalue weighted by Gasteiger charge is -2.35. The standard InChI is InChI=1S/C18H17ClFN5O4S2/c1-9-7-25(31(28,29)13-8-30-17(22-13)18(26)27)5-4-11(9)14-15(19)24-16(23-14)12-3-2-10(20)6-21-12/h2-3,6,8-9,11H,4-5,7H2,1H3,(H,23,24)(H,26,27)/t9-,11+/m0/s1. The van der Waals surface area contributed by atoms with E-state index >= 15 is 0 Å². The number of hydrogen-bond donors (Lipinski definition) is 2. The first-order chi connectivity index (χ1) is 14.7. The van der Waals surface area contributed by atoms with Gasteiger partial charge in [0.05, 0.1) is 11.9 Å². The highest BCUT2D eigenvalue weighted by Gasteiger charge is 2.37. The first-order valence-corrected chi connectivity index (χ1v) is 11.9.